The SMILES string of the molecule is C=C(OCC1(C)CC1C)C1=C(/C=C\C)CN(Cc2ccc(/C(=C/C)C(=C)C)cc2)C1=O. The molecule has 0 aromatic heterocycles. The molecule has 164 valence electrons. The predicted molar refractivity (Wildman–Crippen MR) is 129 cm³/mol. The maximum Gasteiger partial charge on any atom is 0.258 e. The van der Waals surface area contributed by atoms with Crippen molar-refractivity contribution in [3.8, 4) is 0 Å². The van der Waals surface area contributed by atoms with Crippen LogP contribution in [0.5, 0.6) is 0 Å². The summed E-state index contributed by atoms with van der Waals surface area (Å²) >= 11 is 0. The molecule has 0 radical (unpaired) electrons. The number of amides is 1. The molecule has 0 N–H and O–H groups in total. The van der Waals surface area contributed by atoms with E-state index >= 15 is 0 Å². The van der Waals surface area contributed by atoms with Gasteiger partial charge in [0.25, 0.3) is 5.91 Å². The summed E-state index contributed by atoms with van der Waals surface area (Å²) in [5.41, 5.74) is 6.23. The molecule has 2 atom stereocenters. The van der Waals surface area contributed by atoms with Crippen LogP contribution in [0.3, 0.4) is 0 Å². The second-order valence-corrected chi connectivity index (χ2v) is 9.21. The molecule has 1 fully saturated rings. The Morgan fingerprint density at radius 3 is 2.42 bits per heavy atom. The van der Waals surface area contributed by atoms with Gasteiger partial charge in [-0.15, -0.1) is 0 Å². The molecule has 1 aliphatic heterocycles. The van der Waals surface area contributed by atoms with Crippen molar-refractivity contribution >= 4 is 11.5 Å². The van der Waals surface area contributed by atoms with Gasteiger partial charge in [-0.25, -0.2) is 0 Å². The van der Waals surface area contributed by atoms with Crippen LogP contribution in [0, 0.1) is 11.3 Å². The van der Waals surface area contributed by atoms with Crippen LogP contribution in [-0.4, -0.2) is 24.0 Å². The van der Waals surface area contributed by atoms with Gasteiger partial charge in [-0.2, -0.15) is 0 Å². The van der Waals surface area contributed by atoms with Crippen LogP contribution in [0.25, 0.3) is 5.57 Å². The lowest BCUT2D eigenvalue weighted by molar-refractivity contribution is -0.126. The van der Waals surface area contributed by atoms with Crippen LogP contribution >= 0.6 is 0 Å². The van der Waals surface area contributed by atoms with Gasteiger partial charge in [0.05, 0.1) is 12.2 Å². The molecule has 1 aliphatic carbocycles. The van der Waals surface area contributed by atoms with Crippen LogP contribution in [0.1, 0.15) is 52.2 Å². The highest BCUT2D eigenvalue weighted by atomic mass is 16.5. The predicted octanol–water partition coefficient (Wildman–Crippen LogP) is 6.46. The summed E-state index contributed by atoms with van der Waals surface area (Å²) < 4.78 is 6.00. The first kappa shape index (κ1) is 22.9. The van der Waals surface area contributed by atoms with Crippen molar-refractivity contribution in [2.75, 3.05) is 13.2 Å². The zero-order valence-electron chi connectivity index (χ0n) is 19.6. The minimum Gasteiger partial charge on any atom is -0.493 e. The van der Waals surface area contributed by atoms with Gasteiger partial charge in [0.15, 0.2) is 0 Å². The third kappa shape index (κ3) is 4.92. The normalized spacial score (nSPS) is 23.6. The van der Waals surface area contributed by atoms with E-state index in [0.717, 1.165) is 34.3 Å². The van der Waals surface area contributed by atoms with Gasteiger partial charge in [-0.3, -0.25) is 4.79 Å². The Morgan fingerprint density at radius 1 is 1.26 bits per heavy atom. The van der Waals surface area contributed by atoms with Crippen LogP contribution in [0.2, 0.25) is 0 Å². The molecule has 3 nitrogen and oxygen atoms in total. The van der Waals surface area contributed by atoms with Crippen molar-refractivity contribution in [1.82, 2.24) is 4.90 Å². The Bertz CT molecular complexity index is 977. The summed E-state index contributed by atoms with van der Waals surface area (Å²) in [5, 5.41) is 0. The molecule has 1 amide bonds. The fourth-order valence-corrected chi connectivity index (χ4v) is 4.25. The third-order valence-corrected chi connectivity index (χ3v) is 6.60. The minimum absolute atomic E-state index is 0.00717. The molecular weight excluding hydrogens is 382 g/mol. The number of nitrogens with zero attached hydrogens (tertiary/aromatic N) is 1. The summed E-state index contributed by atoms with van der Waals surface area (Å²) in [5.74, 6) is 1.15. The zero-order chi connectivity index (χ0) is 22.8. The number of carbonyl (C=O) groups excluding carboxylic acids is 1. The maximum absolute atomic E-state index is 13.2. The second-order valence-electron chi connectivity index (χ2n) is 9.21. The monoisotopic (exact) mass is 417 g/mol. The average molecular weight is 418 g/mol. The van der Waals surface area contributed by atoms with Crippen molar-refractivity contribution in [2.24, 2.45) is 11.3 Å². The molecule has 0 bridgehead atoms. The maximum atomic E-state index is 13.2. The molecule has 1 heterocycles. The molecule has 2 unspecified atom stereocenters. The first-order valence-electron chi connectivity index (χ1n) is 11.1. The third-order valence-electron chi connectivity index (χ3n) is 6.60. The van der Waals surface area contributed by atoms with Crippen LogP contribution in [0.4, 0.5) is 0 Å². The van der Waals surface area contributed by atoms with Crippen LogP contribution in [0.15, 0.2) is 78.1 Å². The van der Waals surface area contributed by atoms with E-state index in [1.54, 1.807) is 0 Å². The lowest BCUT2D eigenvalue weighted by Crippen LogP contribution is -2.27. The Kier molecular flexibility index (Phi) is 6.74. The summed E-state index contributed by atoms with van der Waals surface area (Å²) in [6.45, 7) is 20.4. The number of hydrogen-bond donors (Lipinski definition) is 0. The Balaban J connectivity index is 1.71. The van der Waals surface area contributed by atoms with Gasteiger partial charge >= 0.3 is 0 Å². The molecule has 1 saturated carbocycles. The van der Waals surface area contributed by atoms with Crippen molar-refractivity contribution < 1.29 is 9.53 Å². The van der Waals surface area contributed by atoms with Crippen LogP contribution in [-0.2, 0) is 16.1 Å². The topological polar surface area (TPSA) is 29.5 Å². The van der Waals surface area contributed by atoms with Crippen LogP contribution < -0.4 is 0 Å². The fraction of sp³-hybridized carbons (Fsp3) is 0.393. The van der Waals surface area contributed by atoms with E-state index in [-0.39, 0.29) is 11.3 Å². The molecule has 1 aromatic rings. The highest BCUT2D eigenvalue weighted by Gasteiger charge is 2.47. The van der Waals surface area contributed by atoms with Gasteiger partial charge in [0.1, 0.15) is 5.76 Å². The van der Waals surface area contributed by atoms with Gasteiger partial charge in [-0.05, 0) is 55.4 Å². The minimum atomic E-state index is -0.00717. The van der Waals surface area contributed by atoms with E-state index in [4.69, 9.17) is 4.74 Å². The smallest absolute Gasteiger partial charge is 0.258 e. The van der Waals surface area contributed by atoms with Crippen molar-refractivity contribution in [2.45, 2.75) is 47.6 Å². The molecular formula is C28H35NO2. The largest absolute Gasteiger partial charge is 0.493 e. The first-order chi connectivity index (χ1) is 14.7. The summed E-state index contributed by atoms with van der Waals surface area (Å²) in [4.78, 5) is 15.1. The molecule has 0 spiro atoms. The number of benzene rings is 1. The van der Waals surface area contributed by atoms with Gasteiger partial charge < -0.3 is 9.64 Å². The molecule has 3 heteroatoms. The summed E-state index contributed by atoms with van der Waals surface area (Å²) in [7, 11) is 0. The van der Waals surface area contributed by atoms with E-state index in [1.807, 2.05) is 37.8 Å². The number of hydrogen-bond acceptors (Lipinski definition) is 2. The van der Waals surface area contributed by atoms with Gasteiger partial charge in [0, 0.05) is 18.5 Å². The fourth-order valence-electron chi connectivity index (χ4n) is 4.25. The Hall–Kier alpha value is -2.81. The standard InChI is InChI=1S/C28H35NO2/c1-8-10-24-17-29(16-22-11-13-23(14-12-22)25(9-2)19(3)4)27(30)26(24)21(6)31-18-28(7)15-20(28)5/h8-14,20H,3,6,15-18H2,1-2,4-5,7H3/b10-8-,25-9+. The highest BCUT2D eigenvalue weighted by molar-refractivity contribution is 6.01. The number of carbonyl (C=O) groups is 1. The molecule has 3 rings (SSSR count). The first-order valence-corrected chi connectivity index (χ1v) is 11.1. The lowest BCUT2D eigenvalue weighted by Gasteiger charge is -2.19. The van der Waals surface area contributed by atoms with E-state index in [1.165, 1.54) is 0 Å². The number of allylic oxidation sites excluding steroid dienone is 4. The second kappa shape index (κ2) is 9.13. The molecule has 0 saturated heterocycles. The molecule has 31 heavy (non-hydrogen) atoms. The molecule has 1 aromatic carbocycles. The van der Waals surface area contributed by atoms with Gasteiger partial charge in [0.2, 0.25) is 0 Å². The number of ether oxygens (including phenoxy) is 1. The zero-order valence-corrected chi connectivity index (χ0v) is 19.6. The highest BCUT2D eigenvalue weighted by Crippen LogP contribution is 2.52. The molecule has 2 aliphatic rings. The van der Waals surface area contributed by atoms with E-state index in [9.17, 15) is 4.79 Å². The van der Waals surface area contributed by atoms with Crippen molar-refractivity contribution in [1.29, 1.82) is 0 Å². The Labute approximate surface area is 187 Å². The summed E-state index contributed by atoms with van der Waals surface area (Å²) in [6.07, 6.45) is 7.21. The Morgan fingerprint density at radius 2 is 1.90 bits per heavy atom. The quantitative estimate of drug-likeness (QED) is 0.341. The van der Waals surface area contributed by atoms with E-state index in [2.05, 4.69) is 57.3 Å². The average Bonchev–Trinajstić information content (AvgIpc) is 3.21. The van der Waals surface area contributed by atoms with Crippen molar-refractivity contribution in [3.05, 3.63) is 89.3 Å². The number of rotatable bonds is 9. The van der Waals surface area contributed by atoms with Crippen molar-refractivity contribution in [3.63, 3.8) is 0 Å². The van der Waals surface area contributed by atoms with E-state index in [0.29, 0.717) is 36.9 Å². The summed E-state index contributed by atoms with van der Waals surface area (Å²) in [6, 6.07) is 8.37. The van der Waals surface area contributed by atoms with Gasteiger partial charge in [-0.1, -0.05) is 75.1 Å². The van der Waals surface area contributed by atoms with E-state index < -0.39 is 0 Å². The lowest BCUT2D eigenvalue weighted by atomic mass is 9.99.